The Morgan fingerprint density at radius 2 is 1.95 bits per heavy atom. The Morgan fingerprint density at radius 1 is 1.18 bits per heavy atom. The summed E-state index contributed by atoms with van der Waals surface area (Å²) in [4.78, 5) is 13.3. The van der Waals surface area contributed by atoms with E-state index >= 15 is 0 Å². The normalized spacial score (nSPS) is 17.5. The van der Waals surface area contributed by atoms with Crippen LogP contribution in [-0.2, 0) is 4.74 Å². The minimum atomic E-state index is -0.788. The number of hydrogen-bond donors (Lipinski definition) is 0. The summed E-state index contributed by atoms with van der Waals surface area (Å²) in [6.45, 7) is 0.309. The molecule has 0 spiro atoms. The molecule has 114 valence electrons. The van der Waals surface area contributed by atoms with E-state index in [1.165, 1.54) is 11.0 Å². The fourth-order valence-corrected chi connectivity index (χ4v) is 2.20. The van der Waals surface area contributed by atoms with Crippen LogP contribution < -0.4 is 9.64 Å². The highest BCUT2D eigenvalue weighted by molar-refractivity contribution is 5.89. The first-order chi connectivity index (χ1) is 10.6. The number of ether oxygens (including phenoxy) is 2. The summed E-state index contributed by atoms with van der Waals surface area (Å²) >= 11 is 0. The van der Waals surface area contributed by atoms with Crippen LogP contribution >= 0.6 is 0 Å². The third kappa shape index (κ3) is 3.00. The van der Waals surface area contributed by atoms with Gasteiger partial charge >= 0.3 is 6.09 Å². The molecule has 1 saturated heterocycles. The molecule has 1 heterocycles. The maximum absolute atomic E-state index is 13.5. The summed E-state index contributed by atoms with van der Waals surface area (Å²) in [6.07, 6.45) is -0.989. The molecule has 0 radical (unpaired) electrons. The van der Waals surface area contributed by atoms with Gasteiger partial charge in [-0.2, -0.15) is 0 Å². The first-order valence-electron chi connectivity index (χ1n) is 6.74. The molecule has 2 aromatic rings. The van der Waals surface area contributed by atoms with Crippen LogP contribution in [0.5, 0.6) is 5.75 Å². The van der Waals surface area contributed by atoms with E-state index in [4.69, 9.17) is 9.47 Å². The molecule has 0 bridgehead atoms. The zero-order chi connectivity index (χ0) is 15.5. The maximum atomic E-state index is 13.5. The van der Waals surface area contributed by atoms with Crippen molar-refractivity contribution < 1.29 is 23.0 Å². The first-order valence-corrected chi connectivity index (χ1v) is 6.74. The lowest BCUT2D eigenvalue weighted by Crippen LogP contribution is -2.26. The van der Waals surface area contributed by atoms with Crippen molar-refractivity contribution >= 4 is 11.8 Å². The van der Waals surface area contributed by atoms with E-state index in [1.54, 1.807) is 12.1 Å². The Morgan fingerprint density at radius 3 is 2.68 bits per heavy atom. The molecule has 2 aromatic carbocycles. The van der Waals surface area contributed by atoms with Gasteiger partial charge < -0.3 is 9.47 Å². The van der Waals surface area contributed by atoms with Gasteiger partial charge in [0.05, 0.1) is 6.54 Å². The van der Waals surface area contributed by atoms with E-state index in [0.717, 1.165) is 17.8 Å². The highest BCUT2D eigenvalue weighted by atomic mass is 19.1. The molecule has 22 heavy (non-hydrogen) atoms. The van der Waals surface area contributed by atoms with Crippen LogP contribution in [0.15, 0.2) is 48.5 Å². The number of nitrogens with zero attached hydrogens (tertiary/aromatic N) is 1. The van der Waals surface area contributed by atoms with Gasteiger partial charge in [0.1, 0.15) is 12.4 Å². The topological polar surface area (TPSA) is 38.8 Å². The van der Waals surface area contributed by atoms with E-state index in [0.29, 0.717) is 6.54 Å². The van der Waals surface area contributed by atoms with Crippen LogP contribution in [0.1, 0.15) is 0 Å². The van der Waals surface area contributed by atoms with Crippen LogP contribution in [0.25, 0.3) is 0 Å². The molecule has 1 amide bonds. The number of cyclic esters (lactones) is 1. The monoisotopic (exact) mass is 305 g/mol. The van der Waals surface area contributed by atoms with Crippen molar-refractivity contribution in [3.05, 3.63) is 60.2 Å². The zero-order valence-corrected chi connectivity index (χ0v) is 11.5. The standard InChI is InChI=1S/C16H13F2NO3/c17-11-6-7-15(14(18)8-11)21-10-13-9-19(16(20)22-13)12-4-2-1-3-5-12/h1-8,13H,9-10H2. The number of carbonyl (C=O) groups is 1. The highest BCUT2D eigenvalue weighted by Crippen LogP contribution is 2.23. The molecule has 1 unspecified atom stereocenters. The smallest absolute Gasteiger partial charge is 0.414 e. The van der Waals surface area contributed by atoms with Gasteiger partial charge in [0.2, 0.25) is 0 Å². The molecule has 4 nitrogen and oxygen atoms in total. The molecule has 3 rings (SSSR count). The summed E-state index contributed by atoms with van der Waals surface area (Å²) in [5, 5.41) is 0. The van der Waals surface area contributed by atoms with E-state index < -0.39 is 23.8 Å². The highest BCUT2D eigenvalue weighted by Gasteiger charge is 2.32. The molecule has 0 aromatic heterocycles. The minimum absolute atomic E-state index is 0.00236. The molecule has 1 atom stereocenters. The predicted molar refractivity (Wildman–Crippen MR) is 75.9 cm³/mol. The SMILES string of the molecule is O=C1OC(COc2ccc(F)cc2F)CN1c1ccccc1. The molecular formula is C16H13F2NO3. The van der Waals surface area contributed by atoms with Gasteiger partial charge in [0.25, 0.3) is 0 Å². The van der Waals surface area contributed by atoms with Crippen molar-refractivity contribution in [2.24, 2.45) is 0 Å². The summed E-state index contributed by atoms with van der Waals surface area (Å²) in [7, 11) is 0. The summed E-state index contributed by atoms with van der Waals surface area (Å²) in [6, 6.07) is 12.1. The molecule has 1 aliphatic heterocycles. The fraction of sp³-hybridized carbons (Fsp3) is 0.188. The van der Waals surface area contributed by atoms with Crippen LogP contribution in [0, 0.1) is 11.6 Å². The number of carbonyl (C=O) groups excluding carboxylic acids is 1. The average Bonchev–Trinajstić information content (AvgIpc) is 2.88. The Hall–Kier alpha value is -2.63. The maximum Gasteiger partial charge on any atom is 0.414 e. The van der Waals surface area contributed by atoms with E-state index in [1.807, 2.05) is 18.2 Å². The second-order valence-electron chi connectivity index (χ2n) is 4.84. The predicted octanol–water partition coefficient (Wildman–Crippen LogP) is 3.37. The minimum Gasteiger partial charge on any atom is -0.487 e. The van der Waals surface area contributed by atoms with Crippen molar-refractivity contribution in [3.8, 4) is 5.75 Å². The van der Waals surface area contributed by atoms with Gasteiger partial charge in [-0.3, -0.25) is 4.90 Å². The second kappa shape index (κ2) is 6.01. The van der Waals surface area contributed by atoms with Crippen molar-refractivity contribution in [2.75, 3.05) is 18.1 Å². The molecule has 0 aliphatic carbocycles. The quantitative estimate of drug-likeness (QED) is 0.869. The number of amides is 1. The van der Waals surface area contributed by atoms with Crippen LogP contribution in [0.4, 0.5) is 19.3 Å². The van der Waals surface area contributed by atoms with E-state index in [9.17, 15) is 13.6 Å². The van der Waals surface area contributed by atoms with Gasteiger partial charge in [0, 0.05) is 11.8 Å². The Labute approximate surface area is 125 Å². The van der Waals surface area contributed by atoms with Gasteiger partial charge in [-0.1, -0.05) is 18.2 Å². The Kier molecular flexibility index (Phi) is 3.91. The third-order valence-corrected chi connectivity index (χ3v) is 3.26. The fourth-order valence-electron chi connectivity index (χ4n) is 2.20. The molecule has 1 fully saturated rings. The molecule has 6 heteroatoms. The Balaban J connectivity index is 1.62. The van der Waals surface area contributed by atoms with Crippen molar-refractivity contribution in [3.63, 3.8) is 0 Å². The lowest BCUT2D eigenvalue weighted by atomic mass is 10.3. The summed E-state index contributed by atoms with van der Waals surface area (Å²) < 4.78 is 36.7. The number of rotatable bonds is 4. The molecule has 0 N–H and O–H groups in total. The van der Waals surface area contributed by atoms with Gasteiger partial charge in [-0.15, -0.1) is 0 Å². The number of para-hydroxylation sites is 1. The van der Waals surface area contributed by atoms with E-state index in [-0.39, 0.29) is 12.4 Å². The first kappa shape index (κ1) is 14.3. The number of anilines is 1. The van der Waals surface area contributed by atoms with Gasteiger partial charge in [-0.25, -0.2) is 13.6 Å². The summed E-state index contributed by atoms with van der Waals surface area (Å²) in [5.74, 6) is -1.53. The number of hydrogen-bond acceptors (Lipinski definition) is 3. The Bertz CT molecular complexity index is 678. The number of benzene rings is 2. The van der Waals surface area contributed by atoms with Crippen molar-refractivity contribution in [2.45, 2.75) is 6.10 Å². The van der Waals surface area contributed by atoms with Crippen LogP contribution in [-0.4, -0.2) is 25.3 Å². The van der Waals surface area contributed by atoms with Gasteiger partial charge in [0.15, 0.2) is 17.7 Å². The van der Waals surface area contributed by atoms with Crippen LogP contribution in [0.2, 0.25) is 0 Å². The van der Waals surface area contributed by atoms with Gasteiger partial charge in [-0.05, 0) is 24.3 Å². The zero-order valence-electron chi connectivity index (χ0n) is 11.5. The third-order valence-electron chi connectivity index (χ3n) is 3.26. The molecule has 0 saturated carbocycles. The lowest BCUT2D eigenvalue weighted by molar-refractivity contribution is 0.103. The molecule has 1 aliphatic rings. The second-order valence-corrected chi connectivity index (χ2v) is 4.84. The average molecular weight is 305 g/mol. The summed E-state index contributed by atoms with van der Waals surface area (Å²) in [5.41, 5.74) is 0.725. The van der Waals surface area contributed by atoms with Crippen molar-refractivity contribution in [1.82, 2.24) is 0 Å². The largest absolute Gasteiger partial charge is 0.487 e. The number of halogens is 2. The van der Waals surface area contributed by atoms with Crippen molar-refractivity contribution in [1.29, 1.82) is 0 Å². The molecular weight excluding hydrogens is 292 g/mol. The lowest BCUT2D eigenvalue weighted by Gasteiger charge is -2.13. The van der Waals surface area contributed by atoms with Crippen LogP contribution in [0.3, 0.4) is 0 Å². The van der Waals surface area contributed by atoms with E-state index in [2.05, 4.69) is 0 Å².